The van der Waals surface area contributed by atoms with Crippen molar-refractivity contribution in [2.24, 2.45) is 0 Å². The maximum Gasteiger partial charge on any atom is 0.263 e. The average Bonchev–Trinajstić information content (AvgIpc) is 2.58. The molecule has 0 spiro atoms. The Bertz CT molecular complexity index is 549. The van der Waals surface area contributed by atoms with Crippen LogP contribution in [-0.4, -0.2) is 15.3 Å². The summed E-state index contributed by atoms with van der Waals surface area (Å²) < 4.78 is 0.446. The van der Waals surface area contributed by atoms with E-state index >= 15 is 0 Å². The molecule has 1 heterocycles. The number of thiocarbonyl (C=S) groups is 1. The maximum absolute atomic E-state index is 11.5. The van der Waals surface area contributed by atoms with E-state index in [1.165, 1.54) is 11.8 Å². The second kappa shape index (κ2) is 4.73. The first-order valence-corrected chi connectivity index (χ1v) is 6.03. The first-order valence-electron chi connectivity index (χ1n) is 4.81. The lowest BCUT2D eigenvalue weighted by atomic mass is 10.1. The average molecular weight is 263 g/mol. The lowest BCUT2D eigenvalue weighted by molar-refractivity contribution is -0.115. The van der Waals surface area contributed by atoms with Crippen molar-refractivity contribution in [1.29, 1.82) is 0 Å². The van der Waals surface area contributed by atoms with E-state index in [9.17, 15) is 9.90 Å². The summed E-state index contributed by atoms with van der Waals surface area (Å²) in [5.41, 5.74) is 1.34. The van der Waals surface area contributed by atoms with Crippen LogP contribution in [0.15, 0.2) is 29.7 Å². The highest BCUT2D eigenvalue weighted by atomic mass is 32.2. The van der Waals surface area contributed by atoms with Crippen molar-refractivity contribution in [3.8, 4) is 5.75 Å². The largest absolute Gasteiger partial charge is 0.507 e. The van der Waals surface area contributed by atoms with Gasteiger partial charge in [0.15, 0.2) is 0 Å². The molecule has 0 aromatic heterocycles. The maximum atomic E-state index is 11.5. The number of phenolic OH excluding ortho intramolecular Hbond substituents is 1. The number of phenols is 1. The number of nitrogens with one attached hydrogen (secondary N) is 1. The van der Waals surface area contributed by atoms with Gasteiger partial charge in [0.2, 0.25) is 0 Å². The van der Waals surface area contributed by atoms with Crippen molar-refractivity contribution in [2.45, 2.75) is 0 Å². The molecule has 1 aromatic rings. The van der Waals surface area contributed by atoms with Crippen LogP contribution in [0.5, 0.6) is 5.75 Å². The van der Waals surface area contributed by atoms with Gasteiger partial charge in [0.1, 0.15) is 10.1 Å². The molecule has 0 bridgehead atoms. The summed E-state index contributed by atoms with van der Waals surface area (Å²) in [7, 11) is 0. The van der Waals surface area contributed by atoms with Crippen LogP contribution in [0.4, 0.5) is 0 Å². The molecule has 1 fully saturated rings. The zero-order valence-electron chi connectivity index (χ0n) is 8.77. The quantitative estimate of drug-likeness (QED) is 0.636. The lowest BCUT2D eigenvalue weighted by Gasteiger charge is -2.03. The molecule has 2 rings (SSSR count). The summed E-state index contributed by atoms with van der Waals surface area (Å²) in [6.45, 7) is 3.64. The molecule has 1 aliphatic heterocycles. The zero-order chi connectivity index (χ0) is 12.4. The van der Waals surface area contributed by atoms with Crippen LogP contribution < -0.4 is 5.32 Å². The molecule has 86 valence electrons. The van der Waals surface area contributed by atoms with Crippen LogP contribution in [0.1, 0.15) is 11.1 Å². The van der Waals surface area contributed by atoms with Gasteiger partial charge in [-0.25, -0.2) is 0 Å². The highest BCUT2D eigenvalue weighted by molar-refractivity contribution is 8.26. The van der Waals surface area contributed by atoms with Crippen molar-refractivity contribution in [2.75, 3.05) is 0 Å². The molecule has 0 unspecified atom stereocenters. The van der Waals surface area contributed by atoms with Crippen molar-refractivity contribution >= 4 is 46.4 Å². The van der Waals surface area contributed by atoms with Crippen LogP contribution in [0.2, 0.25) is 0 Å². The van der Waals surface area contributed by atoms with Gasteiger partial charge in [0.25, 0.3) is 5.91 Å². The number of carbonyl (C=O) groups is 1. The second-order valence-electron chi connectivity index (χ2n) is 3.34. The number of carbonyl (C=O) groups excluding carboxylic acids is 1. The van der Waals surface area contributed by atoms with Gasteiger partial charge in [-0.3, -0.25) is 4.79 Å². The van der Waals surface area contributed by atoms with E-state index in [1.54, 1.807) is 30.4 Å². The van der Waals surface area contributed by atoms with Gasteiger partial charge >= 0.3 is 0 Å². The van der Waals surface area contributed by atoms with Crippen LogP contribution in [0, 0.1) is 0 Å². The molecule has 0 saturated carbocycles. The zero-order valence-corrected chi connectivity index (χ0v) is 10.4. The Hall–Kier alpha value is -1.59. The van der Waals surface area contributed by atoms with E-state index in [0.29, 0.717) is 14.8 Å². The number of hydrogen-bond donors (Lipinski definition) is 2. The fourth-order valence-corrected chi connectivity index (χ4v) is 2.52. The number of benzene rings is 1. The second-order valence-corrected chi connectivity index (χ2v) is 5.06. The van der Waals surface area contributed by atoms with Gasteiger partial charge in [-0.15, -0.1) is 0 Å². The number of rotatable bonds is 2. The Labute approximate surface area is 108 Å². The van der Waals surface area contributed by atoms with Crippen LogP contribution in [0.3, 0.4) is 0 Å². The minimum absolute atomic E-state index is 0.139. The number of amides is 1. The van der Waals surface area contributed by atoms with Crippen molar-refractivity contribution in [3.63, 3.8) is 0 Å². The van der Waals surface area contributed by atoms with Gasteiger partial charge in [-0.05, 0) is 17.7 Å². The van der Waals surface area contributed by atoms with Crippen LogP contribution >= 0.6 is 24.0 Å². The van der Waals surface area contributed by atoms with E-state index < -0.39 is 0 Å². The third kappa shape index (κ3) is 2.40. The summed E-state index contributed by atoms with van der Waals surface area (Å²) in [4.78, 5) is 12.0. The van der Waals surface area contributed by atoms with E-state index in [2.05, 4.69) is 11.9 Å². The monoisotopic (exact) mass is 263 g/mol. The smallest absolute Gasteiger partial charge is 0.263 e. The molecule has 0 radical (unpaired) electrons. The van der Waals surface area contributed by atoms with Gasteiger partial charge in [0, 0.05) is 5.56 Å². The molecule has 0 aliphatic carbocycles. The van der Waals surface area contributed by atoms with Gasteiger partial charge in [-0.1, -0.05) is 48.8 Å². The predicted octanol–water partition coefficient (Wildman–Crippen LogP) is 2.52. The number of aromatic hydroxyl groups is 1. The van der Waals surface area contributed by atoms with E-state index in [4.69, 9.17) is 12.2 Å². The summed E-state index contributed by atoms with van der Waals surface area (Å²) in [6.07, 6.45) is 3.24. The Morgan fingerprint density at radius 2 is 2.24 bits per heavy atom. The molecule has 1 amide bonds. The molecule has 3 nitrogen and oxygen atoms in total. The summed E-state index contributed by atoms with van der Waals surface area (Å²) in [6, 6.07) is 5.09. The van der Waals surface area contributed by atoms with E-state index in [-0.39, 0.29) is 11.7 Å². The van der Waals surface area contributed by atoms with Gasteiger partial charge < -0.3 is 10.4 Å². The molecule has 1 aliphatic rings. The predicted molar refractivity (Wildman–Crippen MR) is 74.5 cm³/mol. The molecule has 1 aromatic carbocycles. The highest BCUT2D eigenvalue weighted by Crippen LogP contribution is 2.29. The summed E-state index contributed by atoms with van der Waals surface area (Å²) in [5, 5.41) is 12.2. The minimum Gasteiger partial charge on any atom is -0.507 e. The first-order chi connectivity index (χ1) is 8.11. The first kappa shape index (κ1) is 11.9. The van der Waals surface area contributed by atoms with E-state index in [1.807, 2.05) is 0 Å². The van der Waals surface area contributed by atoms with Crippen molar-refractivity contribution < 1.29 is 9.90 Å². The SMILES string of the molecule is C=Cc1c(O)cccc1/C=C1\SC(=S)NC1=O. The number of hydrogen-bond acceptors (Lipinski definition) is 4. The normalized spacial score (nSPS) is 17.3. The molecule has 1 saturated heterocycles. The van der Waals surface area contributed by atoms with E-state index in [0.717, 1.165) is 5.56 Å². The fourth-order valence-electron chi connectivity index (χ4n) is 1.48. The van der Waals surface area contributed by atoms with Gasteiger partial charge in [-0.2, -0.15) is 0 Å². The van der Waals surface area contributed by atoms with Crippen LogP contribution in [0.25, 0.3) is 12.2 Å². The molecule has 2 N–H and O–H groups in total. The summed E-state index contributed by atoms with van der Waals surface area (Å²) in [5.74, 6) is -0.0707. The Kier molecular flexibility index (Phi) is 3.31. The Balaban J connectivity index is 2.46. The third-order valence-corrected chi connectivity index (χ3v) is 3.41. The Morgan fingerprint density at radius 1 is 1.47 bits per heavy atom. The van der Waals surface area contributed by atoms with Crippen LogP contribution in [-0.2, 0) is 4.79 Å². The third-order valence-electron chi connectivity index (χ3n) is 2.25. The lowest BCUT2D eigenvalue weighted by Crippen LogP contribution is -2.17. The topological polar surface area (TPSA) is 49.3 Å². The molecule has 5 heteroatoms. The number of thioether (sulfide) groups is 1. The molecule has 0 atom stereocenters. The van der Waals surface area contributed by atoms with Crippen molar-refractivity contribution in [3.05, 3.63) is 40.8 Å². The van der Waals surface area contributed by atoms with Crippen molar-refractivity contribution in [1.82, 2.24) is 5.32 Å². The standard InChI is InChI=1S/C12H9NO2S2/c1-2-8-7(4-3-5-9(8)14)6-10-11(15)13-12(16)17-10/h2-6,14H,1H2,(H,13,15,16)/b10-6-. The van der Waals surface area contributed by atoms with Gasteiger partial charge in [0.05, 0.1) is 4.91 Å². The fraction of sp³-hybridized carbons (Fsp3) is 0. The summed E-state index contributed by atoms with van der Waals surface area (Å²) >= 11 is 6.11. The molecular formula is C12H9NO2S2. The molecule has 17 heavy (non-hydrogen) atoms. The highest BCUT2D eigenvalue weighted by Gasteiger charge is 2.22. The Morgan fingerprint density at radius 3 is 2.82 bits per heavy atom. The molecular weight excluding hydrogens is 254 g/mol. The minimum atomic E-state index is -0.210.